The van der Waals surface area contributed by atoms with E-state index in [1.807, 2.05) is 31.7 Å². The Morgan fingerprint density at radius 3 is 1.92 bits per heavy atom. The Hall–Kier alpha value is -1.88. The van der Waals surface area contributed by atoms with Gasteiger partial charge in [-0.1, -0.05) is 122 Å². The number of aliphatic hydroxyl groups is 6. The van der Waals surface area contributed by atoms with Crippen LogP contribution < -0.4 is 0 Å². The summed E-state index contributed by atoms with van der Waals surface area (Å²) < 4.78 is 16.9. The maximum absolute atomic E-state index is 12.3. The molecule has 14 nitrogen and oxygen atoms in total. The van der Waals surface area contributed by atoms with E-state index < -0.39 is 61.0 Å². The molecule has 2 fully saturated rings. The van der Waals surface area contributed by atoms with Gasteiger partial charge >= 0.3 is 6.09 Å². The average Bonchev–Trinajstić information content (AvgIpc) is 3.69. The Balaban J connectivity index is 1.36. The first-order chi connectivity index (χ1) is 28.8. The van der Waals surface area contributed by atoms with Crippen LogP contribution in [0.1, 0.15) is 180 Å². The molecule has 7 N–H and O–H groups in total. The molecule has 3 heterocycles. The van der Waals surface area contributed by atoms with Gasteiger partial charge in [0.25, 0.3) is 0 Å². The van der Waals surface area contributed by atoms with Crippen LogP contribution >= 0.6 is 0 Å². The third-order valence-corrected chi connectivity index (χ3v) is 12.2. The number of aromatic nitrogens is 2. The topological polar surface area (TPSA) is 201 Å². The van der Waals surface area contributed by atoms with Crippen molar-refractivity contribution in [2.45, 2.75) is 223 Å². The Labute approximate surface area is 361 Å². The predicted octanol–water partition coefficient (Wildman–Crippen LogP) is 6.34. The van der Waals surface area contributed by atoms with Crippen LogP contribution in [-0.2, 0) is 20.6 Å². The van der Waals surface area contributed by atoms with Crippen LogP contribution in [0.4, 0.5) is 4.79 Å². The molecule has 0 aliphatic carbocycles. The molecule has 1 amide bonds. The molecule has 2 aliphatic rings. The lowest BCUT2D eigenvalue weighted by molar-refractivity contribution is -0.303. The first-order valence-corrected chi connectivity index (χ1v) is 23.9. The Morgan fingerprint density at radius 2 is 1.35 bits per heavy atom. The van der Waals surface area contributed by atoms with Crippen molar-refractivity contribution < 1.29 is 49.6 Å². The minimum Gasteiger partial charge on any atom is -0.444 e. The van der Waals surface area contributed by atoms with E-state index in [0.717, 1.165) is 83.4 Å². The van der Waals surface area contributed by atoms with E-state index in [0.29, 0.717) is 12.1 Å². The number of nitrogens with one attached hydrogen (secondary N) is 1. The third kappa shape index (κ3) is 20.1. The molecule has 2 aliphatic heterocycles. The van der Waals surface area contributed by atoms with Crippen LogP contribution in [-0.4, -0.2) is 151 Å². The molecule has 3 rings (SSSR count). The van der Waals surface area contributed by atoms with Crippen molar-refractivity contribution in [1.82, 2.24) is 20.0 Å². The molecule has 14 heteroatoms. The highest BCUT2D eigenvalue weighted by Crippen LogP contribution is 2.28. The van der Waals surface area contributed by atoms with Gasteiger partial charge in [0, 0.05) is 31.9 Å². The number of carbonyl (C=O) groups is 1. The summed E-state index contributed by atoms with van der Waals surface area (Å²) in [4.78, 5) is 16.6. The molecule has 2 saturated heterocycles. The number of amides is 1. The van der Waals surface area contributed by atoms with E-state index in [2.05, 4.69) is 22.0 Å². The molecule has 0 aromatic carbocycles. The number of ether oxygens (including phenoxy) is 3. The van der Waals surface area contributed by atoms with E-state index in [9.17, 15) is 35.4 Å². The van der Waals surface area contributed by atoms with E-state index in [1.54, 1.807) is 0 Å². The van der Waals surface area contributed by atoms with Gasteiger partial charge in [-0.25, -0.2) is 4.79 Å². The van der Waals surface area contributed by atoms with Crippen LogP contribution in [0.2, 0.25) is 0 Å². The van der Waals surface area contributed by atoms with Crippen LogP contribution in [0, 0.1) is 0 Å². The highest BCUT2D eigenvalue weighted by Gasteiger charge is 2.44. The average molecular weight is 855 g/mol. The summed E-state index contributed by atoms with van der Waals surface area (Å²) in [5.74, 6) is -0.753. The number of carbonyl (C=O) groups excluding carboxylic acids is 1. The minimum absolute atomic E-state index is 0.172. The Bertz CT molecular complexity index is 1240. The summed E-state index contributed by atoms with van der Waals surface area (Å²) in [7, 11) is 0. The van der Waals surface area contributed by atoms with E-state index in [-0.39, 0.29) is 12.7 Å². The molecule has 0 spiro atoms. The van der Waals surface area contributed by atoms with Crippen LogP contribution in [0.25, 0.3) is 0 Å². The van der Waals surface area contributed by atoms with Crippen molar-refractivity contribution in [3.63, 3.8) is 0 Å². The lowest BCUT2D eigenvalue weighted by Gasteiger charge is -2.40. The highest BCUT2D eigenvalue weighted by molar-refractivity contribution is 5.68. The number of hydrogen-bond acceptors (Lipinski definition) is 12. The van der Waals surface area contributed by atoms with Gasteiger partial charge in [-0.3, -0.25) is 10.00 Å². The molecule has 8 atom stereocenters. The van der Waals surface area contributed by atoms with Crippen molar-refractivity contribution >= 4 is 6.09 Å². The molecular formula is C46H86N4O10. The summed E-state index contributed by atoms with van der Waals surface area (Å²) in [5.41, 5.74) is 0.992. The number of aryl methyl sites for hydroxylation is 1. The zero-order valence-electron chi connectivity index (χ0n) is 37.9. The van der Waals surface area contributed by atoms with Gasteiger partial charge in [-0.05, 0) is 59.1 Å². The first-order valence-electron chi connectivity index (χ1n) is 23.9. The lowest BCUT2D eigenvalue weighted by atomic mass is 9.91. The number of aromatic amines is 1. The van der Waals surface area contributed by atoms with Crippen LogP contribution in [0.5, 0.6) is 0 Å². The largest absolute Gasteiger partial charge is 0.444 e. The maximum atomic E-state index is 12.3. The molecule has 0 bridgehead atoms. The second kappa shape index (κ2) is 29.5. The summed E-state index contributed by atoms with van der Waals surface area (Å²) in [6, 6.07) is 1.90. The highest BCUT2D eigenvalue weighted by atomic mass is 16.7. The van der Waals surface area contributed by atoms with E-state index in [4.69, 9.17) is 14.2 Å². The first kappa shape index (κ1) is 52.5. The zero-order valence-corrected chi connectivity index (χ0v) is 37.9. The van der Waals surface area contributed by atoms with Gasteiger partial charge in [0.2, 0.25) is 0 Å². The summed E-state index contributed by atoms with van der Waals surface area (Å²) in [6.07, 6.45) is 15.4. The standard InChI is InChI=1S/C46H86N4O10/c1-5-6-7-8-9-10-11-12-13-17-20-23-26-38(52)40(53)36(34-58-44-43(56)42(55)41(54)39(33-51)59-44)37-32-35(47-48-37)25-22-19-16-14-15-18-21-24-27-49-28-30-50(31-29-49)45(57)60-46(2,3)4/h32,36,38-44,51-56H,5-31,33-34H2,1-4H3,(H,47,48)/t36-,38-,39?,40+,41?,42?,43?,44?/m1/s1. The van der Waals surface area contributed by atoms with E-state index in [1.165, 1.54) is 89.9 Å². The monoisotopic (exact) mass is 855 g/mol. The minimum atomic E-state index is -1.58. The molecule has 60 heavy (non-hydrogen) atoms. The molecule has 350 valence electrons. The number of H-pyrrole nitrogens is 1. The fourth-order valence-electron chi connectivity index (χ4n) is 8.29. The van der Waals surface area contributed by atoms with Crippen molar-refractivity contribution in [3.05, 3.63) is 17.5 Å². The molecule has 1 aromatic rings. The zero-order chi connectivity index (χ0) is 43.8. The summed E-state index contributed by atoms with van der Waals surface area (Å²) in [5, 5.41) is 70.8. The predicted molar refractivity (Wildman–Crippen MR) is 234 cm³/mol. The van der Waals surface area contributed by atoms with Gasteiger partial charge in [0.15, 0.2) is 6.29 Å². The second-order valence-corrected chi connectivity index (χ2v) is 18.6. The lowest BCUT2D eigenvalue weighted by Crippen LogP contribution is -2.59. The van der Waals surface area contributed by atoms with Gasteiger partial charge in [0.1, 0.15) is 30.0 Å². The fraction of sp³-hybridized carbons (Fsp3) is 0.913. The number of rotatable bonds is 31. The molecule has 1 aromatic heterocycles. The van der Waals surface area contributed by atoms with Crippen LogP contribution in [0.15, 0.2) is 6.07 Å². The SMILES string of the molecule is CCCCCCCCCCCCCC[C@@H](O)[C@@H](O)[C@H](COC1OC(CO)C(O)C(O)C1O)c1cc(CCCCCCCCCCN2CCN(C(=O)OC(C)(C)C)CC2)[nH]n1. The fourth-order valence-corrected chi connectivity index (χ4v) is 8.29. The van der Waals surface area contributed by atoms with Crippen LogP contribution in [0.3, 0.4) is 0 Å². The van der Waals surface area contributed by atoms with Gasteiger partial charge in [0.05, 0.1) is 37.0 Å². The van der Waals surface area contributed by atoms with Crippen molar-refractivity contribution in [2.75, 3.05) is 45.9 Å². The molecule has 0 saturated carbocycles. The quantitative estimate of drug-likeness (QED) is 0.0410. The third-order valence-electron chi connectivity index (χ3n) is 12.2. The Kier molecular flexibility index (Phi) is 25.8. The van der Waals surface area contributed by atoms with Gasteiger partial charge in [-0.2, -0.15) is 5.10 Å². The van der Waals surface area contributed by atoms with Crippen molar-refractivity contribution in [2.24, 2.45) is 0 Å². The summed E-state index contributed by atoms with van der Waals surface area (Å²) >= 11 is 0. The Morgan fingerprint density at radius 1 is 0.800 bits per heavy atom. The van der Waals surface area contributed by atoms with E-state index >= 15 is 0 Å². The second-order valence-electron chi connectivity index (χ2n) is 18.6. The van der Waals surface area contributed by atoms with Crippen molar-refractivity contribution in [1.29, 1.82) is 0 Å². The number of aliphatic hydroxyl groups excluding tert-OH is 6. The van der Waals surface area contributed by atoms with Crippen molar-refractivity contribution in [3.8, 4) is 0 Å². The molecule has 5 unspecified atom stereocenters. The maximum Gasteiger partial charge on any atom is 0.410 e. The number of hydrogen-bond donors (Lipinski definition) is 7. The van der Waals surface area contributed by atoms with Gasteiger partial charge < -0.3 is 49.7 Å². The number of piperazine rings is 1. The summed E-state index contributed by atoms with van der Waals surface area (Å²) in [6.45, 7) is 11.5. The smallest absolute Gasteiger partial charge is 0.410 e. The molecule has 0 radical (unpaired) electrons. The molecular weight excluding hydrogens is 769 g/mol. The number of unbranched alkanes of at least 4 members (excludes halogenated alkanes) is 18. The normalized spacial score (nSPS) is 23.2. The van der Waals surface area contributed by atoms with Gasteiger partial charge in [-0.15, -0.1) is 0 Å². The number of nitrogens with zero attached hydrogens (tertiary/aromatic N) is 3.